The Morgan fingerprint density at radius 2 is 1.84 bits per heavy atom. The minimum Gasteiger partial charge on any atom is -0.497 e. The average molecular weight is 496 g/mol. The summed E-state index contributed by atoms with van der Waals surface area (Å²) in [5, 5.41) is 7.63. The van der Waals surface area contributed by atoms with Crippen LogP contribution < -0.4 is 20.1 Å². The number of methoxy groups -OCH3 is 1. The highest BCUT2D eigenvalue weighted by molar-refractivity contribution is 6.03. The van der Waals surface area contributed by atoms with Gasteiger partial charge >= 0.3 is 0 Å². The molecule has 1 fully saturated rings. The number of carbonyl (C=O) groups is 1. The van der Waals surface area contributed by atoms with E-state index in [1.54, 1.807) is 26.6 Å². The lowest BCUT2D eigenvalue weighted by molar-refractivity contribution is -0.117. The van der Waals surface area contributed by atoms with Crippen molar-refractivity contribution in [3.8, 4) is 23.0 Å². The molecule has 0 radical (unpaired) electrons. The van der Waals surface area contributed by atoms with Crippen molar-refractivity contribution < 1.29 is 18.7 Å². The summed E-state index contributed by atoms with van der Waals surface area (Å²) in [6.07, 6.45) is 5.26. The standard InChI is InChI=1S/C28H25N5O4/c1-29-26-21-13-30-25(33-27(34)17-5-6-17)12-20(21)22(14-31-26)28-32-23-11-19(9-10-24(23)37-28)36-15-16-3-7-18(35-2)8-4-16/h3-4,7-14,17H,5-6,15H2,1-2H3,(H,29,31)(H,30,33,34). The molecule has 0 spiro atoms. The molecule has 1 amide bonds. The number of hydrogen-bond acceptors (Lipinski definition) is 8. The van der Waals surface area contributed by atoms with Crippen LogP contribution in [0.2, 0.25) is 0 Å². The summed E-state index contributed by atoms with van der Waals surface area (Å²) in [4.78, 5) is 26.0. The molecule has 0 bridgehead atoms. The van der Waals surface area contributed by atoms with E-state index in [-0.39, 0.29) is 11.8 Å². The highest BCUT2D eigenvalue weighted by atomic mass is 16.5. The Bertz CT molecular complexity index is 1610. The van der Waals surface area contributed by atoms with E-state index in [9.17, 15) is 4.79 Å². The molecule has 3 heterocycles. The number of nitrogens with zero attached hydrogens (tertiary/aromatic N) is 3. The van der Waals surface area contributed by atoms with Crippen LogP contribution in [0.4, 0.5) is 11.6 Å². The third kappa shape index (κ3) is 4.63. The number of nitrogens with one attached hydrogen (secondary N) is 2. The van der Waals surface area contributed by atoms with Gasteiger partial charge in [-0.05, 0) is 48.7 Å². The zero-order valence-corrected chi connectivity index (χ0v) is 20.4. The number of rotatable bonds is 8. The fraction of sp³-hybridized carbons (Fsp3) is 0.214. The summed E-state index contributed by atoms with van der Waals surface area (Å²) in [5.41, 5.74) is 3.04. The fourth-order valence-electron chi connectivity index (χ4n) is 4.15. The number of amides is 1. The Hall–Kier alpha value is -4.66. The lowest BCUT2D eigenvalue weighted by Gasteiger charge is -2.10. The third-order valence-electron chi connectivity index (χ3n) is 6.36. The third-order valence-corrected chi connectivity index (χ3v) is 6.36. The van der Waals surface area contributed by atoms with Crippen LogP contribution in [0, 0.1) is 5.92 Å². The molecule has 6 rings (SSSR count). The summed E-state index contributed by atoms with van der Waals surface area (Å²) in [7, 11) is 3.45. The molecular formula is C28H25N5O4. The normalized spacial score (nSPS) is 13.0. The highest BCUT2D eigenvalue weighted by Crippen LogP contribution is 2.35. The maximum atomic E-state index is 12.3. The maximum absolute atomic E-state index is 12.3. The number of carbonyl (C=O) groups excluding carboxylic acids is 1. The Morgan fingerprint density at radius 1 is 1.03 bits per heavy atom. The summed E-state index contributed by atoms with van der Waals surface area (Å²) in [5.74, 6) is 3.17. The van der Waals surface area contributed by atoms with Crippen LogP contribution in [0.25, 0.3) is 33.3 Å². The van der Waals surface area contributed by atoms with E-state index in [0.717, 1.165) is 34.9 Å². The number of hydrogen-bond donors (Lipinski definition) is 2. The lowest BCUT2D eigenvalue weighted by atomic mass is 10.1. The van der Waals surface area contributed by atoms with Crippen LogP contribution in [0.15, 0.2) is 65.3 Å². The number of ether oxygens (including phenoxy) is 2. The maximum Gasteiger partial charge on any atom is 0.229 e. The largest absolute Gasteiger partial charge is 0.497 e. The van der Waals surface area contributed by atoms with Crippen molar-refractivity contribution in [2.75, 3.05) is 24.8 Å². The molecule has 1 aliphatic rings. The molecule has 37 heavy (non-hydrogen) atoms. The Kier molecular flexibility index (Phi) is 5.80. The Labute approximate surface area is 212 Å². The molecule has 0 atom stereocenters. The van der Waals surface area contributed by atoms with Gasteiger partial charge in [0.1, 0.15) is 35.3 Å². The van der Waals surface area contributed by atoms with Gasteiger partial charge < -0.3 is 24.5 Å². The molecule has 5 aromatic rings. The van der Waals surface area contributed by atoms with E-state index < -0.39 is 0 Å². The van der Waals surface area contributed by atoms with Crippen LogP contribution in [0.3, 0.4) is 0 Å². The van der Waals surface area contributed by atoms with Crippen molar-refractivity contribution in [2.45, 2.75) is 19.4 Å². The minimum atomic E-state index is 0.000303. The number of fused-ring (bicyclic) bond motifs is 2. The van der Waals surface area contributed by atoms with Crippen LogP contribution in [0.5, 0.6) is 11.5 Å². The van der Waals surface area contributed by atoms with Gasteiger partial charge in [-0.2, -0.15) is 0 Å². The summed E-state index contributed by atoms with van der Waals surface area (Å²) < 4.78 is 17.3. The first kappa shape index (κ1) is 22.8. The van der Waals surface area contributed by atoms with E-state index in [1.165, 1.54) is 0 Å². The molecule has 2 N–H and O–H groups in total. The topological polar surface area (TPSA) is 111 Å². The van der Waals surface area contributed by atoms with E-state index in [4.69, 9.17) is 18.9 Å². The van der Waals surface area contributed by atoms with Gasteiger partial charge in [0.05, 0.1) is 12.7 Å². The SMILES string of the molecule is CNc1ncc(-c2nc3cc(OCc4ccc(OC)cc4)ccc3o2)c2cc(NC(=O)C3CC3)ncc12. The Balaban J connectivity index is 1.30. The lowest BCUT2D eigenvalue weighted by Crippen LogP contribution is -2.14. The first-order chi connectivity index (χ1) is 18.1. The van der Waals surface area contributed by atoms with E-state index in [2.05, 4.69) is 20.6 Å². The molecule has 1 saturated carbocycles. The zero-order valence-electron chi connectivity index (χ0n) is 20.4. The molecule has 1 aliphatic carbocycles. The van der Waals surface area contributed by atoms with Gasteiger partial charge in [-0.1, -0.05) is 12.1 Å². The minimum absolute atomic E-state index is 0.000303. The van der Waals surface area contributed by atoms with E-state index >= 15 is 0 Å². The zero-order chi connectivity index (χ0) is 25.4. The number of benzene rings is 2. The number of aromatic nitrogens is 3. The van der Waals surface area contributed by atoms with Gasteiger partial charge in [-0.15, -0.1) is 0 Å². The monoisotopic (exact) mass is 495 g/mol. The molecule has 2 aromatic carbocycles. The van der Waals surface area contributed by atoms with Gasteiger partial charge in [0, 0.05) is 42.2 Å². The number of pyridine rings is 2. The summed E-state index contributed by atoms with van der Waals surface area (Å²) in [6, 6.07) is 15.1. The second-order valence-electron chi connectivity index (χ2n) is 8.93. The van der Waals surface area contributed by atoms with Crippen LogP contribution in [-0.4, -0.2) is 35.0 Å². The van der Waals surface area contributed by atoms with Crippen molar-refractivity contribution in [2.24, 2.45) is 5.92 Å². The van der Waals surface area contributed by atoms with Crippen LogP contribution in [0.1, 0.15) is 18.4 Å². The second-order valence-corrected chi connectivity index (χ2v) is 8.93. The van der Waals surface area contributed by atoms with E-state index in [1.807, 2.05) is 48.5 Å². The second kappa shape index (κ2) is 9.42. The van der Waals surface area contributed by atoms with Crippen molar-refractivity contribution in [3.05, 3.63) is 66.5 Å². The molecule has 186 valence electrons. The summed E-state index contributed by atoms with van der Waals surface area (Å²) in [6.45, 7) is 0.419. The van der Waals surface area contributed by atoms with Gasteiger partial charge in [-0.25, -0.2) is 15.0 Å². The van der Waals surface area contributed by atoms with E-state index in [0.29, 0.717) is 46.5 Å². The first-order valence-electron chi connectivity index (χ1n) is 12.1. The van der Waals surface area contributed by atoms with Gasteiger partial charge in [0.2, 0.25) is 11.8 Å². The van der Waals surface area contributed by atoms with Gasteiger partial charge in [0.15, 0.2) is 5.58 Å². The Morgan fingerprint density at radius 3 is 2.59 bits per heavy atom. The summed E-state index contributed by atoms with van der Waals surface area (Å²) >= 11 is 0. The van der Waals surface area contributed by atoms with Crippen molar-refractivity contribution >= 4 is 39.4 Å². The smallest absolute Gasteiger partial charge is 0.229 e. The van der Waals surface area contributed by atoms with Crippen LogP contribution in [-0.2, 0) is 11.4 Å². The van der Waals surface area contributed by atoms with Gasteiger partial charge in [-0.3, -0.25) is 4.79 Å². The first-order valence-corrected chi connectivity index (χ1v) is 12.1. The fourth-order valence-corrected chi connectivity index (χ4v) is 4.15. The molecule has 0 saturated heterocycles. The molecular weight excluding hydrogens is 470 g/mol. The van der Waals surface area contributed by atoms with Crippen molar-refractivity contribution in [1.82, 2.24) is 15.0 Å². The van der Waals surface area contributed by atoms with Crippen LogP contribution >= 0.6 is 0 Å². The highest BCUT2D eigenvalue weighted by Gasteiger charge is 2.30. The predicted octanol–water partition coefficient (Wildman–Crippen LogP) is 5.42. The molecule has 3 aromatic heterocycles. The number of anilines is 2. The average Bonchev–Trinajstić information content (AvgIpc) is 3.70. The molecule has 9 heteroatoms. The molecule has 0 aliphatic heterocycles. The molecule has 9 nitrogen and oxygen atoms in total. The quantitative estimate of drug-likeness (QED) is 0.294. The molecule has 0 unspecified atom stereocenters. The number of oxazole rings is 1. The van der Waals surface area contributed by atoms with Crippen molar-refractivity contribution in [3.63, 3.8) is 0 Å². The van der Waals surface area contributed by atoms with Crippen molar-refractivity contribution in [1.29, 1.82) is 0 Å². The van der Waals surface area contributed by atoms with Gasteiger partial charge in [0.25, 0.3) is 0 Å². The predicted molar refractivity (Wildman–Crippen MR) is 141 cm³/mol.